The lowest BCUT2D eigenvalue weighted by Crippen LogP contribution is -2.34. The minimum absolute atomic E-state index is 0.117. The Morgan fingerprint density at radius 3 is 2.44 bits per heavy atom. The van der Waals surface area contributed by atoms with Crippen LogP contribution in [0.3, 0.4) is 0 Å². The minimum Gasteiger partial charge on any atom is -0.367 e. The Bertz CT molecular complexity index is 329. The molecule has 4 nitrogen and oxygen atoms in total. The molecule has 4 heteroatoms. The molecule has 0 heterocycles. The summed E-state index contributed by atoms with van der Waals surface area (Å²) in [6.45, 7) is 18.0. The van der Waals surface area contributed by atoms with Crippen molar-refractivity contribution < 1.29 is 0 Å². The van der Waals surface area contributed by atoms with Gasteiger partial charge in [0, 0.05) is 23.5 Å². The third-order valence-electron chi connectivity index (χ3n) is 2.50. The molecule has 0 aromatic heterocycles. The van der Waals surface area contributed by atoms with Crippen molar-refractivity contribution in [3.8, 4) is 0 Å². The van der Waals surface area contributed by atoms with Gasteiger partial charge in [0.05, 0.1) is 12.4 Å². The maximum Gasteiger partial charge on any atom is 0.0920 e. The van der Waals surface area contributed by atoms with Crippen LogP contribution < -0.4 is 16.4 Å². The fourth-order valence-electron chi connectivity index (χ4n) is 1.14. The quantitative estimate of drug-likeness (QED) is 0.433. The van der Waals surface area contributed by atoms with E-state index in [1.165, 1.54) is 0 Å². The molecule has 18 heavy (non-hydrogen) atoms. The van der Waals surface area contributed by atoms with Crippen molar-refractivity contribution in [2.75, 3.05) is 6.54 Å². The molecule has 0 aliphatic rings. The molecule has 102 valence electrons. The average Bonchev–Trinajstić information content (AvgIpc) is 2.33. The topological polar surface area (TPSA) is 62.4 Å². The molecular formula is C14H26N4. The van der Waals surface area contributed by atoms with Gasteiger partial charge in [-0.3, -0.25) is 4.99 Å². The number of rotatable bonds is 9. The van der Waals surface area contributed by atoms with E-state index in [4.69, 9.17) is 5.73 Å². The second-order valence-electron chi connectivity index (χ2n) is 4.31. The molecule has 0 aliphatic carbocycles. The molecule has 0 bridgehead atoms. The van der Waals surface area contributed by atoms with E-state index in [-0.39, 0.29) is 12.1 Å². The predicted molar refractivity (Wildman–Crippen MR) is 80.5 cm³/mol. The molecule has 0 aliphatic heterocycles. The number of hydrogen-bond donors (Lipinski definition) is 3. The molecule has 0 fully saturated rings. The highest BCUT2D eigenvalue weighted by Gasteiger charge is 2.03. The summed E-state index contributed by atoms with van der Waals surface area (Å²) in [7, 11) is 0. The zero-order valence-corrected chi connectivity index (χ0v) is 11.8. The van der Waals surface area contributed by atoms with Crippen LogP contribution in [0.1, 0.15) is 27.2 Å². The van der Waals surface area contributed by atoms with Gasteiger partial charge < -0.3 is 16.4 Å². The molecule has 0 aromatic carbocycles. The van der Waals surface area contributed by atoms with Gasteiger partial charge in [0.15, 0.2) is 0 Å². The van der Waals surface area contributed by atoms with Gasteiger partial charge in [-0.15, -0.1) is 6.58 Å². The Morgan fingerprint density at radius 2 is 2.00 bits per heavy atom. The van der Waals surface area contributed by atoms with E-state index >= 15 is 0 Å². The zero-order chi connectivity index (χ0) is 14.1. The van der Waals surface area contributed by atoms with E-state index in [1.54, 1.807) is 0 Å². The third kappa shape index (κ3) is 6.91. The van der Waals surface area contributed by atoms with Crippen molar-refractivity contribution in [2.45, 2.75) is 39.3 Å². The summed E-state index contributed by atoms with van der Waals surface area (Å²) < 4.78 is 0. The maximum atomic E-state index is 5.71. The van der Waals surface area contributed by atoms with Crippen molar-refractivity contribution in [2.24, 2.45) is 10.7 Å². The van der Waals surface area contributed by atoms with Crippen molar-refractivity contribution in [3.05, 3.63) is 37.3 Å². The van der Waals surface area contributed by atoms with Crippen molar-refractivity contribution in [1.82, 2.24) is 10.6 Å². The molecule has 0 rings (SSSR count). The first-order chi connectivity index (χ1) is 8.40. The molecule has 0 amide bonds. The largest absolute Gasteiger partial charge is 0.367 e. The molecule has 0 aromatic rings. The maximum absolute atomic E-state index is 5.71. The van der Waals surface area contributed by atoms with Gasteiger partial charge in [-0.05, 0) is 20.3 Å². The van der Waals surface area contributed by atoms with Crippen LogP contribution in [0, 0.1) is 0 Å². The fraction of sp³-hybridized carbons (Fsp3) is 0.500. The first-order valence-corrected chi connectivity index (χ1v) is 6.23. The predicted octanol–water partition coefficient (Wildman–Crippen LogP) is 1.92. The van der Waals surface area contributed by atoms with Crippen LogP contribution >= 0.6 is 0 Å². The van der Waals surface area contributed by atoms with E-state index in [1.807, 2.05) is 19.9 Å². The molecule has 0 saturated carbocycles. The summed E-state index contributed by atoms with van der Waals surface area (Å²) in [6, 6.07) is 0.0692. The van der Waals surface area contributed by atoms with Gasteiger partial charge in [0.25, 0.3) is 0 Å². The number of nitrogens with zero attached hydrogens (tertiary/aromatic N) is 1. The molecule has 0 spiro atoms. The highest BCUT2D eigenvalue weighted by Crippen LogP contribution is 2.00. The van der Waals surface area contributed by atoms with E-state index in [0.29, 0.717) is 12.2 Å². The number of nitrogens with one attached hydrogen (secondary N) is 2. The lowest BCUT2D eigenvalue weighted by atomic mass is 10.2. The second-order valence-corrected chi connectivity index (χ2v) is 4.31. The van der Waals surface area contributed by atoms with Gasteiger partial charge in [0.1, 0.15) is 0 Å². The van der Waals surface area contributed by atoms with Crippen molar-refractivity contribution in [1.29, 1.82) is 0 Å². The highest BCUT2D eigenvalue weighted by atomic mass is 15.1. The van der Waals surface area contributed by atoms with Crippen LogP contribution in [-0.2, 0) is 0 Å². The van der Waals surface area contributed by atoms with E-state index in [9.17, 15) is 0 Å². The van der Waals surface area contributed by atoms with Crippen LogP contribution in [0.15, 0.2) is 42.3 Å². The zero-order valence-electron chi connectivity index (χ0n) is 11.8. The number of nitrogens with two attached hydrogens (primary N) is 1. The highest BCUT2D eigenvalue weighted by molar-refractivity contribution is 5.87. The summed E-state index contributed by atoms with van der Waals surface area (Å²) in [5.41, 5.74) is 7.42. The van der Waals surface area contributed by atoms with Crippen LogP contribution in [-0.4, -0.2) is 24.3 Å². The average molecular weight is 250 g/mol. The first-order valence-electron chi connectivity index (χ1n) is 6.23. The fourth-order valence-corrected chi connectivity index (χ4v) is 1.14. The molecule has 0 saturated heterocycles. The SMILES string of the molecule is C=CC(C)NC(=C)NC/C(CC)=N/C(=C)C(C)N. The lowest BCUT2D eigenvalue weighted by Gasteiger charge is -2.16. The van der Waals surface area contributed by atoms with Crippen LogP contribution in [0.2, 0.25) is 0 Å². The molecule has 2 unspecified atom stereocenters. The molecular weight excluding hydrogens is 224 g/mol. The Labute approximate surface area is 111 Å². The minimum atomic E-state index is -0.117. The second kappa shape index (κ2) is 8.53. The Morgan fingerprint density at radius 1 is 1.39 bits per heavy atom. The van der Waals surface area contributed by atoms with Gasteiger partial charge in [-0.25, -0.2) is 0 Å². The summed E-state index contributed by atoms with van der Waals surface area (Å²) >= 11 is 0. The number of aliphatic imine (C=N–C) groups is 1. The standard InChI is InChI=1S/C14H26N4/c1-7-10(3)17-13(6)16-9-14(8-2)18-12(5)11(4)15/h7,10-11,16-17H,1,5-6,8-9,15H2,2-4H3/b18-14+. The monoisotopic (exact) mass is 250 g/mol. The van der Waals surface area contributed by atoms with Crippen molar-refractivity contribution >= 4 is 5.71 Å². The van der Waals surface area contributed by atoms with Crippen molar-refractivity contribution in [3.63, 3.8) is 0 Å². The molecule has 2 atom stereocenters. The Kier molecular flexibility index (Phi) is 7.79. The normalized spacial score (nSPS) is 14.6. The van der Waals surface area contributed by atoms with Gasteiger partial charge in [-0.1, -0.05) is 26.2 Å². The molecule has 0 radical (unpaired) electrons. The first kappa shape index (κ1) is 16.4. The van der Waals surface area contributed by atoms with Crippen LogP contribution in [0.5, 0.6) is 0 Å². The summed E-state index contributed by atoms with van der Waals surface area (Å²) in [4.78, 5) is 4.41. The van der Waals surface area contributed by atoms with Gasteiger partial charge in [0.2, 0.25) is 0 Å². The summed E-state index contributed by atoms with van der Waals surface area (Å²) in [5.74, 6) is 0.759. The lowest BCUT2D eigenvalue weighted by molar-refractivity contribution is 0.671. The van der Waals surface area contributed by atoms with Crippen LogP contribution in [0.4, 0.5) is 0 Å². The Hall–Kier alpha value is -1.55. The third-order valence-corrected chi connectivity index (χ3v) is 2.50. The van der Waals surface area contributed by atoms with Gasteiger partial charge >= 0.3 is 0 Å². The summed E-state index contributed by atoms with van der Waals surface area (Å²) in [5, 5.41) is 6.34. The smallest absolute Gasteiger partial charge is 0.0920 e. The van der Waals surface area contributed by atoms with E-state index in [0.717, 1.165) is 18.0 Å². The molecule has 4 N–H and O–H groups in total. The number of hydrogen-bond acceptors (Lipinski definition) is 4. The van der Waals surface area contributed by atoms with Gasteiger partial charge in [-0.2, -0.15) is 0 Å². The van der Waals surface area contributed by atoms with E-state index < -0.39 is 0 Å². The van der Waals surface area contributed by atoms with E-state index in [2.05, 4.69) is 42.3 Å². The summed E-state index contributed by atoms with van der Waals surface area (Å²) in [6.07, 6.45) is 2.67. The van der Waals surface area contributed by atoms with Crippen LogP contribution in [0.25, 0.3) is 0 Å². The Balaban J connectivity index is 4.27.